The minimum Gasteiger partial charge on any atom is -0.480 e. The number of urea groups is 1. The van der Waals surface area contributed by atoms with Crippen molar-refractivity contribution >= 4 is 12.0 Å². The molecule has 0 aliphatic heterocycles. The van der Waals surface area contributed by atoms with E-state index < -0.39 is 5.97 Å². The van der Waals surface area contributed by atoms with Crippen molar-refractivity contribution in [3.05, 3.63) is 0 Å². The number of aliphatic carboxylic acids is 1. The van der Waals surface area contributed by atoms with E-state index in [0.29, 0.717) is 5.92 Å². The number of fused-ring (bicyclic) bond motifs is 2. The van der Waals surface area contributed by atoms with Gasteiger partial charge in [0.2, 0.25) is 0 Å². The summed E-state index contributed by atoms with van der Waals surface area (Å²) in [7, 11) is 1.82. The Kier molecular flexibility index (Phi) is 3.61. The van der Waals surface area contributed by atoms with Crippen molar-refractivity contribution in [1.29, 1.82) is 0 Å². The maximum Gasteiger partial charge on any atom is 0.323 e. The summed E-state index contributed by atoms with van der Waals surface area (Å²) in [5.74, 6) is 1.39. The van der Waals surface area contributed by atoms with Crippen molar-refractivity contribution in [3.63, 3.8) is 0 Å². The number of carbonyl (C=O) groups excluding carboxylic acids is 1. The van der Waals surface area contributed by atoms with E-state index in [0.717, 1.165) is 31.2 Å². The van der Waals surface area contributed by atoms with Crippen molar-refractivity contribution in [2.45, 2.75) is 44.6 Å². The van der Waals surface area contributed by atoms with Gasteiger partial charge in [-0.1, -0.05) is 6.42 Å². The van der Waals surface area contributed by atoms with E-state index in [-0.39, 0.29) is 18.6 Å². The first-order valence-corrected chi connectivity index (χ1v) is 7.78. The van der Waals surface area contributed by atoms with Crippen LogP contribution >= 0.6 is 0 Å². The van der Waals surface area contributed by atoms with E-state index in [2.05, 4.69) is 0 Å². The minimum absolute atomic E-state index is 0.0994. The quantitative estimate of drug-likeness (QED) is 0.838. The molecule has 0 aromatic heterocycles. The molecule has 3 aliphatic rings. The lowest BCUT2D eigenvalue weighted by atomic mass is 9.88. The van der Waals surface area contributed by atoms with Crippen molar-refractivity contribution in [1.82, 2.24) is 9.80 Å². The van der Waals surface area contributed by atoms with Crippen LogP contribution in [0.5, 0.6) is 0 Å². The fourth-order valence-electron chi connectivity index (χ4n) is 4.13. The third kappa shape index (κ3) is 2.76. The monoisotopic (exact) mass is 280 g/mol. The molecular weight excluding hydrogens is 256 g/mol. The maximum absolute atomic E-state index is 12.4. The summed E-state index contributed by atoms with van der Waals surface area (Å²) in [6.45, 7) is 0.632. The molecule has 0 heterocycles. The molecule has 112 valence electrons. The van der Waals surface area contributed by atoms with E-state index in [1.807, 2.05) is 7.05 Å². The maximum atomic E-state index is 12.4. The number of carboxylic acids is 1. The number of carbonyl (C=O) groups is 2. The number of amides is 2. The summed E-state index contributed by atoms with van der Waals surface area (Å²) in [5, 5.41) is 8.95. The highest BCUT2D eigenvalue weighted by molar-refractivity contribution is 5.80. The van der Waals surface area contributed by atoms with Crippen LogP contribution in [-0.4, -0.2) is 53.1 Å². The largest absolute Gasteiger partial charge is 0.480 e. The molecule has 0 spiro atoms. The topological polar surface area (TPSA) is 60.9 Å². The van der Waals surface area contributed by atoms with E-state index >= 15 is 0 Å². The van der Waals surface area contributed by atoms with Crippen LogP contribution in [-0.2, 0) is 4.79 Å². The van der Waals surface area contributed by atoms with Crippen molar-refractivity contribution in [3.8, 4) is 0 Å². The van der Waals surface area contributed by atoms with Gasteiger partial charge < -0.3 is 14.9 Å². The first-order valence-electron chi connectivity index (χ1n) is 7.78. The second kappa shape index (κ2) is 5.26. The molecular formula is C15H24N2O3. The molecule has 1 N–H and O–H groups in total. The van der Waals surface area contributed by atoms with Gasteiger partial charge in [-0.2, -0.15) is 0 Å². The highest BCUT2D eigenvalue weighted by atomic mass is 16.4. The highest BCUT2D eigenvalue weighted by Gasteiger charge is 2.41. The highest BCUT2D eigenvalue weighted by Crippen LogP contribution is 2.48. The van der Waals surface area contributed by atoms with Crippen LogP contribution in [0.2, 0.25) is 0 Å². The molecule has 3 unspecified atom stereocenters. The van der Waals surface area contributed by atoms with Crippen molar-refractivity contribution in [2.75, 3.05) is 20.1 Å². The lowest BCUT2D eigenvalue weighted by Crippen LogP contribution is -2.46. The molecule has 2 bridgehead atoms. The average Bonchev–Trinajstić information content (AvgIpc) is 3.04. The Morgan fingerprint density at radius 3 is 2.40 bits per heavy atom. The second-order valence-electron chi connectivity index (χ2n) is 6.85. The Morgan fingerprint density at radius 1 is 1.15 bits per heavy atom. The Bertz CT molecular complexity index is 408. The van der Waals surface area contributed by atoms with E-state index in [9.17, 15) is 9.59 Å². The standard InChI is InChI=1S/C15H24N2O3/c1-16(8-12-7-10-2-3-11(12)6-10)15(20)17(9-14(18)19)13-4-5-13/h10-13H,2-9H2,1H3,(H,18,19). The SMILES string of the molecule is CN(CC1CC2CCC1C2)C(=O)N(CC(=O)O)C1CC1. The fraction of sp³-hybridized carbons (Fsp3) is 0.867. The summed E-state index contributed by atoms with van der Waals surface area (Å²) in [4.78, 5) is 26.6. The number of hydrogen-bond acceptors (Lipinski definition) is 2. The van der Waals surface area contributed by atoms with Gasteiger partial charge in [0, 0.05) is 19.6 Å². The van der Waals surface area contributed by atoms with Gasteiger partial charge >= 0.3 is 12.0 Å². The number of hydrogen-bond donors (Lipinski definition) is 1. The van der Waals surface area contributed by atoms with Crippen LogP contribution in [0.4, 0.5) is 4.79 Å². The number of nitrogens with zero attached hydrogens (tertiary/aromatic N) is 2. The Balaban J connectivity index is 1.56. The fourth-order valence-corrected chi connectivity index (χ4v) is 4.13. The van der Waals surface area contributed by atoms with Crippen molar-refractivity contribution < 1.29 is 14.7 Å². The predicted octanol–water partition coefficient (Wildman–Crippen LogP) is 2.02. The van der Waals surface area contributed by atoms with Gasteiger partial charge in [-0.15, -0.1) is 0 Å². The molecule has 0 saturated heterocycles. The van der Waals surface area contributed by atoms with Gasteiger partial charge in [0.25, 0.3) is 0 Å². The molecule has 3 saturated carbocycles. The zero-order chi connectivity index (χ0) is 14.3. The molecule has 5 heteroatoms. The van der Waals surface area contributed by atoms with Crippen LogP contribution in [0.1, 0.15) is 38.5 Å². The average molecular weight is 280 g/mol. The first-order chi connectivity index (χ1) is 9.54. The van der Waals surface area contributed by atoms with Crippen molar-refractivity contribution in [2.24, 2.45) is 17.8 Å². The molecule has 0 aromatic rings. The van der Waals surface area contributed by atoms with Crippen LogP contribution in [0.25, 0.3) is 0 Å². The third-order valence-corrected chi connectivity index (χ3v) is 5.26. The summed E-state index contributed by atoms with van der Waals surface area (Å²) >= 11 is 0. The van der Waals surface area contributed by atoms with Gasteiger partial charge in [-0.3, -0.25) is 4.79 Å². The molecule has 0 aromatic carbocycles. The number of carboxylic acid groups (broad SMARTS) is 1. The molecule has 0 radical (unpaired) electrons. The predicted molar refractivity (Wildman–Crippen MR) is 74.3 cm³/mol. The van der Waals surface area contributed by atoms with Gasteiger partial charge in [-0.25, -0.2) is 4.79 Å². The molecule has 3 aliphatic carbocycles. The second-order valence-corrected chi connectivity index (χ2v) is 6.85. The smallest absolute Gasteiger partial charge is 0.323 e. The summed E-state index contributed by atoms with van der Waals surface area (Å²) in [6, 6.07) is 0.0544. The third-order valence-electron chi connectivity index (χ3n) is 5.26. The molecule has 5 nitrogen and oxygen atoms in total. The van der Waals surface area contributed by atoms with Crippen LogP contribution in [0.3, 0.4) is 0 Å². The Morgan fingerprint density at radius 2 is 1.90 bits per heavy atom. The van der Waals surface area contributed by atoms with Gasteiger partial charge in [0.1, 0.15) is 6.54 Å². The molecule has 2 amide bonds. The van der Waals surface area contributed by atoms with E-state index in [4.69, 9.17) is 5.11 Å². The lowest BCUT2D eigenvalue weighted by Gasteiger charge is -2.31. The van der Waals surface area contributed by atoms with E-state index in [1.165, 1.54) is 30.6 Å². The Labute approximate surface area is 119 Å². The number of rotatable bonds is 5. The summed E-state index contributed by atoms with van der Waals surface area (Å²) in [6.07, 6.45) is 7.17. The Hall–Kier alpha value is -1.26. The summed E-state index contributed by atoms with van der Waals surface area (Å²) < 4.78 is 0. The zero-order valence-corrected chi connectivity index (χ0v) is 12.1. The molecule has 3 atom stereocenters. The van der Waals surface area contributed by atoms with Gasteiger partial charge in [-0.05, 0) is 49.9 Å². The van der Waals surface area contributed by atoms with Crippen LogP contribution in [0.15, 0.2) is 0 Å². The molecule has 3 rings (SSSR count). The zero-order valence-electron chi connectivity index (χ0n) is 12.1. The summed E-state index contributed by atoms with van der Waals surface area (Å²) in [5.41, 5.74) is 0. The molecule has 3 fully saturated rings. The minimum atomic E-state index is -0.918. The van der Waals surface area contributed by atoms with Gasteiger partial charge in [0.05, 0.1) is 0 Å². The van der Waals surface area contributed by atoms with Crippen LogP contribution < -0.4 is 0 Å². The first kappa shape index (κ1) is 13.7. The molecule has 20 heavy (non-hydrogen) atoms. The normalized spacial score (nSPS) is 31.4. The van der Waals surface area contributed by atoms with Crippen LogP contribution in [0, 0.1) is 17.8 Å². The van der Waals surface area contributed by atoms with Gasteiger partial charge in [0.15, 0.2) is 0 Å². The lowest BCUT2D eigenvalue weighted by molar-refractivity contribution is -0.137. The van der Waals surface area contributed by atoms with E-state index in [1.54, 1.807) is 4.90 Å².